The minimum Gasteiger partial charge on any atom is -0.469 e. The highest BCUT2D eigenvalue weighted by Crippen LogP contribution is 2.42. The predicted molar refractivity (Wildman–Crippen MR) is 129 cm³/mol. The van der Waals surface area contributed by atoms with Crippen LogP contribution in [0.5, 0.6) is 0 Å². The molecule has 1 aromatic carbocycles. The maximum absolute atomic E-state index is 13.0. The second kappa shape index (κ2) is 9.64. The third-order valence-electron chi connectivity index (χ3n) is 7.24. The van der Waals surface area contributed by atoms with E-state index in [1.54, 1.807) is 6.92 Å². The zero-order valence-electron chi connectivity index (χ0n) is 20.1. The topological polar surface area (TPSA) is 68.6 Å². The van der Waals surface area contributed by atoms with Gasteiger partial charge in [0.1, 0.15) is 11.6 Å². The number of methoxy groups -OCH3 is 1. The molecule has 2 heterocycles. The molecule has 0 saturated carbocycles. The zero-order valence-corrected chi connectivity index (χ0v) is 20.1. The van der Waals surface area contributed by atoms with Crippen molar-refractivity contribution in [2.24, 2.45) is 11.8 Å². The molecule has 6 nitrogen and oxygen atoms in total. The Balaban J connectivity index is 1.63. The molecule has 1 aliphatic heterocycles. The van der Waals surface area contributed by atoms with Gasteiger partial charge in [-0.3, -0.25) is 19.3 Å². The molecule has 2 aromatic rings. The van der Waals surface area contributed by atoms with E-state index in [-0.39, 0.29) is 30.1 Å². The van der Waals surface area contributed by atoms with Crippen LogP contribution < -0.4 is 0 Å². The Kier molecular flexibility index (Phi) is 6.84. The van der Waals surface area contributed by atoms with Gasteiger partial charge in [0.15, 0.2) is 0 Å². The lowest BCUT2D eigenvalue weighted by atomic mass is 9.78. The van der Waals surface area contributed by atoms with E-state index in [1.165, 1.54) is 34.7 Å². The predicted octanol–water partition coefficient (Wildman–Crippen LogP) is 4.04. The lowest BCUT2D eigenvalue weighted by Gasteiger charge is -2.39. The third-order valence-corrected chi connectivity index (χ3v) is 7.24. The largest absolute Gasteiger partial charge is 0.469 e. The molecule has 0 bridgehead atoms. The Labute approximate surface area is 195 Å². The van der Waals surface area contributed by atoms with Crippen molar-refractivity contribution in [1.82, 2.24) is 9.47 Å². The normalized spacial score (nSPS) is 20.8. The standard InChI is InChI=1S/C27H34N2O4/c1-5-20(30)8-7-11-29-16-19-14-24-22(21-9-6-10-23(29)26(19)21)13-18(15-28(24)3)25(31)12-17(2)27(32)33-4/h6,9-10,13,16-18,24H,5,7-8,11-12,14-15H2,1-4H3/t17-,18-,24-/m1/s1. The molecule has 2 aliphatic rings. The van der Waals surface area contributed by atoms with Gasteiger partial charge in [0.2, 0.25) is 0 Å². The smallest absolute Gasteiger partial charge is 0.308 e. The van der Waals surface area contributed by atoms with Crippen molar-refractivity contribution in [2.75, 3.05) is 20.7 Å². The first kappa shape index (κ1) is 23.4. The van der Waals surface area contributed by atoms with Gasteiger partial charge in [-0.05, 0) is 42.7 Å². The van der Waals surface area contributed by atoms with Crippen molar-refractivity contribution in [2.45, 2.75) is 58.5 Å². The number of nitrogens with zero attached hydrogens (tertiary/aromatic N) is 2. The van der Waals surface area contributed by atoms with E-state index >= 15 is 0 Å². The van der Waals surface area contributed by atoms with Gasteiger partial charge in [-0.2, -0.15) is 0 Å². The van der Waals surface area contributed by atoms with Gasteiger partial charge >= 0.3 is 5.97 Å². The molecular weight excluding hydrogens is 416 g/mol. The molecule has 0 unspecified atom stereocenters. The van der Waals surface area contributed by atoms with E-state index in [2.05, 4.69) is 47.0 Å². The first-order valence-electron chi connectivity index (χ1n) is 12.0. The van der Waals surface area contributed by atoms with Crippen molar-refractivity contribution in [1.29, 1.82) is 0 Å². The van der Waals surface area contributed by atoms with Crippen molar-refractivity contribution >= 4 is 34.0 Å². The second-order valence-electron chi connectivity index (χ2n) is 9.53. The summed E-state index contributed by atoms with van der Waals surface area (Å²) in [6.07, 6.45) is 7.58. The van der Waals surface area contributed by atoms with E-state index in [1.807, 2.05) is 6.92 Å². The monoisotopic (exact) mass is 450 g/mol. The Hall–Kier alpha value is -2.73. The summed E-state index contributed by atoms with van der Waals surface area (Å²) in [5, 5.41) is 1.27. The van der Waals surface area contributed by atoms with Crippen LogP contribution in [0.1, 0.15) is 50.7 Å². The SMILES string of the molecule is CCC(=O)CCCn1cc2c3c(cccc31)C1=C[C@@H](C(=O)C[C@@H](C)C(=O)OC)CN(C)[C@@H]1C2. The van der Waals surface area contributed by atoms with E-state index in [0.29, 0.717) is 25.2 Å². The molecular formula is C27H34N2O4. The van der Waals surface area contributed by atoms with Crippen LogP contribution in [0.25, 0.3) is 16.5 Å². The maximum Gasteiger partial charge on any atom is 0.308 e. The number of Topliss-reactive ketones (excluding diaryl/α,β-unsaturated/α-hetero) is 2. The molecule has 176 valence electrons. The van der Waals surface area contributed by atoms with E-state index in [9.17, 15) is 14.4 Å². The van der Waals surface area contributed by atoms with E-state index in [0.717, 1.165) is 19.4 Å². The third kappa shape index (κ3) is 4.54. The molecule has 6 heteroatoms. The van der Waals surface area contributed by atoms with Crippen LogP contribution in [0.4, 0.5) is 0 Å². The van der Waals surface area contributed by atoms with Gasteiger partial charge in [0.05, 0.1) is 13.0 Å². The molecule has 0 fully saturated rings. The number of rotatable bonds is 9. The fraction of sp³-hybridized carbons (Fsp3) is 0.519. The minimum absolute atomic E-state index is 0.0850. The average Bonchev–Trinajstić information content (AvgIpc) is 3.17. The maximum atomic E-state index is 13.0. The lowest BCUT2D eigenvalue weighted by molar-refractivity contribution is -0.146. The summed E-state index contributed by atoms with van der Waals surface area (Å²) in [7, 11) is 3.44. The number of carbonyl (C=O) groups is 3. The van der Waals surface area contributed by atoms with Crippen molar-refractivity contribution in [3.05, 3.63) is 41.6 Å². The molecule has 0 radical (unpaired) electrons. The molecule has 1 aliphatic carbocycles. The second-order valence-corrected chi connectivity index (χ2v) is 9.53. The zero-order chi connectivity index (χ0) is 23.7. The number of ether oxygens (including phenoxy) is 1. The van der Waals surface area contributed by atoms with Crippen molar-refractivity contribution in [3.63, 3.8) is 0 Å². The first-order valence-corrected chi connectivity index (χ1v) is 12.0. The van der Waals surface area contributed by atoms with Gasteiger partial charge in [0, 0.05) is 61.4 Å². The van der Waals surface area contributed by atoms with Crippen molar-refractivity contribution in [3.8, 4) is 0 Å². The van der Waals surface area contributed by atoms with Gasteiger partial charge in [-0.1, -0.05) is 32.1 Å². The number of esters is 1. The molecule has 0 amide bonds. The quantitative estimate of drug-likeness (QED) is 0.540. The van der Waals surface area contributed by atoms with Crippen LogP contribution in [0, 0.1) is 11.8 Å². The van der Waals surface area contributed by atoms with Crippen LogP contribution in [0.15, 0.2) is 30.5 Å². The summed E-state index contributed by atoms with van der Waals surface area (Å²) in [6, 6.07) is 6.64. The Morgan fingerprint density at radius 1 is 1.24 bits per heavy atom. The number of ketones is 2. The van der Waals surface area contributed by atoms with Gasteiger partial charge in [-0.15, -0.1) is 0 Å². The number of benzene rings is 1. The number of hydrogen-bond acceptors (Lipinski definition) is 5. The number of fused-ring (bicyclic) bond motifs is 2. The number of aryl methyl sites for hydroxylation is 1. The fourth-order valence-corrected chi connectivity index (χ4v) is 5.37. The van der Waals surface area contributed by atoms with Gasteiger partial charge in [-0.25, -0.2) is 0 Å². The van der Waals surface area contributed by atoms with Crippen LogP contribution >= 0.6 is 0 Å². The lowest BCUT2D eigenvalue weighted by Crippen LogP contribution is -2.44. The fourth-order valence-electron chi connectivity index (χ4n) is 5.37. The van der Waals surface area contributed by atoms with Crippen LogP contribution in [0.3, 0.4) is 0 Å². The number of hydrogen-bond donors (Lipinski definition) is 0. The number of carbonyl (C=O) groups excluding carboxylic acids is 3. The van der Waals surface area contributed by atoms with Crippen molar-refractivity contribution < 1.29 is 19.1 Å². The summed E-state index contributed by atoms with van der Waals surface area (Å²) < 4.78 is 7.08. The number of likely N-dealkylation sites (N-methyl/N-ethyl adjacent to an activating group) is 1. The first-order chi connectivity index (χ1) is 15.8. The summed E-state index contributed by atoms with van der Waals surface area (Å²) in [6.45, 7) is 5.15. The molecule has 33 heavy (non-hydrogen) atoms. The Morgan fingerprint density at radius 2 is 2.03 bits per heavy atom. The molecule has 1 aromatic heterocycles. The number of aromatic nitrogens is 1. The van der Waals surface area contributed by atoms with E-state index < -0.39 is 5.92 Å². The summed E-state index contributed by atoms with van der Waals surface area (Å²) in [5.41, 5.74) is 4.94. The van der Waals surface area contributed by atoms with Crippen LogP contribution in [0.2, 0.25) is 0 Å². The summed E-state index contributed by atoms with van der Waals surface area (Å²) in [4.78, 5) is 38.8. The molecule has 0 N–H and O–H groups in total. The van der Waals surface area contributed by atoms with Crippen LogP contribution in [-0.4, -0.2) is 53.7 Å². The highest BCUT2D eigenvalue weighted by Gasteiger charge is 2.36. The minimum atomic E-state index is -0.432. The molecule has 3 atom stereocenters. The van der Waals surface area contributed by atoms with E-state index in [4.69, 9.17) is 4.74 Å². The Bertz CT molecular complexity index is 1110. The molecule has 0 spiro atoms. The van der Waals surface area contributed by atoms with Crippen LogP contribution in [-0.2, 0) is 32.1 Å². The molecule has 4 rings (SSSR count). The molecule has 0 saturated heterocycles. The highest BCUT2D eigenvalue weighted by atomic mass is 16.5. The van der Waals surface area contributed by atoms with Gasteiger partial charge < -0.3 is 9.30 Å². The summed E-state index contributed by atoms with van der Waals surface area (Å²) >= 11 is 0. The van der Waals surface area contributed by atoms with Gasteiger partial charge in [0.25, 0.3) is 0 Å². The average molecular weight is 451 g/mol. The Morgan fingerprint density at radius 3 is 2.76 bits per heavy atom. The highest BCUT2D eigenvalue weighted by molar-refractivity contribution is 6.00. The summed E-state index contributed by atoms with van der Waals surface area (Å²) in [5.74, 6) is -0.605.